The molecular weight excluding hydrogens is 326 g/mol. The third kappa shape index (κ3) is 3.27. The molecule has 1 amide bonds. The number of aromatic amines is 1. The van der Waals surface area contributed by atoms with Crippen LogP contribution >= 0.6 is 0 Å². The summed E-state index contributed by atoms with van der Waals surface area (Å²) in [6, 6.07) is 6.24. The highest BCUT2D eigenvalue weighted by molar-refractivity contribution is 5.79. The van der Waals surface area contributed by atoms with Gasteiger partial charge in [0, 0.05) is 30.8 Å². The molecule has 1 saturated carbocycles. The van der Waals surface area contributed by atoms with Crippen LogP contribution in [0, 0.1) is 11.7 Å². The summed E-state index contributed by atoms with van der Waals surface area (Å²) in [5, 5.41) is 7.16. The zero-order valence-electron chi connectivity index (χ0n) is 13.8. The molecular formula is C18H20F2N4O. The first kappa shape index (κ1) is 16.2. The first-order valence-electron chi connectivity index (χ1n) is 8.65. The maximum atomic E-state index is 13.8. The number of hydrogen-bond acceptors (Lipinski definition) is 3. The molecule has 1 N–H and O–H groups in total. The van der Waals surface area contributed by atoms with Crippen molar-refractivity contribution in [2.45, 2.75) is 31.1 Å². The molecule has 1 aromatic carbocycles. The fourth-order valence-electron chi connectivity index (χ4n) is 3.44. The predicted octanol–water partition coefficient (Wildman–Crippen LogP) is 2.58. The standard InChI is InChI=1S/C18H20F2N4O/c19-8-13-9-24(16(25)7-12-3-1-2-4-15(12)20)10-14(13)18-21-17(22-23-18)11-5-6-11/h1-4,11,13-14H,5-10H2,(H,21,22,23)/t13-,14-/m1/s1. The first-order valence-corrected chi connectivity index (χ1v) is 8.65. The van der Waals surface area contributed by atoms with Crippen LogP contribution in [0.3, 0.4) is 0 Å². The number of H-pyrrole nitrogens is 1. The Labute approximate surface area is 144 Å². The van der Waals surface area contributed by atoms with Crippen LogP contribution in [0.5, 0.6) is 0 Å². The summed E-state index contributed by atoms with van der Waals surface area (Å²) in [6.07, 6.45) is 2.19. The van der Waals surface area contributed by atoms with Crippen LogP contribution < -0.4 is 0 Å². The van der Waals surface area contributed by atoms with Crippen LogP contribution in [-0.4, -0.2) is 45.8 Å². The average Bonchev–Trinajstić information content (AvgIpc) is 3.19. The van der Waals surface area contributed by atoms with Crippen molar-refractivity contribution in [3.05, 3.63) is 47.3 Å². The van der Waals surface area contributed by atoms with Gasteiger partial charge in [-0.2, -0.15) is 5.10 Å². The molecule has 2 heterocycles. The van der Waals surface area contributed by atoms with Gasteiger partial charge in [0.15, 0.2) is 5.82 Å². The van der Waals surface area contributed by atoms with Crippen LogP contribution in [0.4, 0.5) is 8.78 Å². The molecule has 0 bridgehead atoms. The minimum absolute atomic E-state index is 0.0118. The number of hydrogen-bond donors (Lipinski definition) is 1. The van der Waals surface area contributed by atoms with Crippen molar-refractivity contribution in [1.82, 2.24) is 20.1 Å². The summed E-state index contributed by atoms with van der Waals surface area (Å²) in [7, 11) is 0. The van der Waals surface area contributed by atoms with Gasteiger partial charge in [-0.15, -0.1) is 0 Å². The van der Waals surface area contributed by atoms with Crippen LogP contribution in [0.25, 0.3) is 0 Å². The Balaban J connectivity index is 1.46. The molecule has 4 rings (SSSR count). The second kappa shape index (κ2) is 6.54. The molecule has 5 nitrogen and oxygen atoms in total. The highest BCUT2D eigenvalue weighted by Crippen LogP contribution is 2.39. The van der Waals surface area contributed by atoms with E-state index < -0.39 is 12.5 Å². The molecule has 0 radical (unpaired) electrons. The van der Waals surface area contributed by atoms with E-state index in [0.29, 0.717) is 30.4 Å². The smallest absolute Gasteiger partial charge is 0.227 e. The van der Waals surface area contributed by atoms with Crippen molar-refractivity contribution in [1.29, 1.82) is 0 Å². The molecule has 1 aromatic heterocycles. The number of nitrogens with zero attached hydrogens (tertiary/aromatic N) is 3. The van der Waals surface area contributed by atoms with Gasteiger partial charge in [-0.3, -0.25) is 14.3 Å². The van der Waals surface area contributed by atoms with E-state index in [2.05, 4.69) is 15.2 Å². The fraction of sp³-hybridized carbons (Fsp3) is 0.500. The van der Waals surface area contributed by atoms with Gasteiger partial charge in [-0.1, -0.05) is 18.2 Å². The number of benzene rings is 1. The Kier molecular flexibility index (Phi) is 4.23. The van der Waals surface area contributed by atoms with Gasteiger partial charge in [-0.05, 0) is 24.5 Å². The van der Waals surface area contributed by atoms with E-state index in [1.54, 1.807) is 23.1 Å². The quantitative estimate of drug-likeness (QED) is 0.905. The number of halogens is 2. The molecule has 25 heavy (non-hydrogen) atoms. The van der Waals surface area contributed by atoms with Gasteiger partial charge < -0.3 is 4.90 Å². The maximum Gasteiger partial charge on any atom is 0.227 e. The van der Waals surface area contributed by atoms with Crippen molar-refractivity contribution < 1.29 is 13.6 Å². The average molecular weight is 346 g/mol. The van der Waals surface area contributed by atoms with E-state index in [1.165, 1.54) is 6.07 Å². The van der Waals surface area contributed by atoms with Crippen molar-refractivity contribution in [2.75, 3.05) is 19.8 Å². The highest BCUT2D eigenvalue weighted by atomic mass is 19.1. The summed E-state index contributed by atoms with van der Waals surface area (Å²) in [5.74, 6) is 0.813. The fourth-order valence-corrected chi connectivity index (χ4v) is 3.44. The molecule has 2 atom stereocenters. The number of carbonyl (C=O) groups excluding carboxylic acids is 1. The van der Waals surface area contributed by atoms with Crippen LogP contribution in [0.1, 0.15) is 41.9 Å². The number of alkyl halides is 1. The van der Waals surface area contributed by atoms with Gasteiger partial charge in [-0.25, -0.2) is 9.37 Å². The molecule has 1 aliphatic carbocycles. The number of amides is 1. The summed E-state index contributed by atoms with van der Waals surface area (Å²) in [4.78, 5) is 18.6. The number of likely N-dealkylation sites (tertiary alicyclic amines) is 1. The molecule has 2 fully saturated rings. The number of carbonyl (C=O) groups is 1. The number of nitrogens with one attached hydrogen (secondary N) is 1. The molecule has 0 unspecified atom stereocenters. The zero-order chi connectivity index (χ0) is 17.4. The lowest BCUT2D eigenvalue weighted by molar-refractivity contribution is -0.129. The summed E-state index contributed by atoms with van der Waals surface area (Å²) in [6.45, 7) is 0.197. The van der Waals surface area contributed by atoms with Gasteiger partial charge in [0.1, 0.15) is 11.6 Å². The second-order valence-electron chi connectivity index (χ2n) is 6.94. The van der Waals surface area contributed by atoms with Gasteiger partial charge in [0.25, 0.3) is 0 Å². The highest BCUT2D eigenvalue weighted by Gasteiger charge is 2.39. The van der Waals surface area contributed by atoms with Gasteiger partial charge in [0.2, 0.25) is 5.91 Å². The Bertz CT molecular complexity index is 774. The van der Waals surface area contributed by atoms with E-state index in [-0.39, 0.29) is 24.2 Å². The topological polar surface area (TPSA) is 61.9 Å². The predicted molar refractivity (Wildman–Crippen MR) is 87.2 cm³/mol. The Morgan fingerprint density at radius 3 is 2.80 bits per heavy atom. The van der Waals surface area contributed by atoms with Gasteiger partial charge >= 0.3 is 0 Å². The van der Waals surface area contributed by atoms with Crippen LogP contribution in [0.15, 0.2) is 24.3 Å². The molecule has 7 heteroatoms. The summed E-state index contributed by atoms with van der Waals surface area (Å²) in [5.41, 5.74) is 0.364. The Morgan fingerprint density at radius 1 is 1.28 bits per heavy atom. The minimum atomic E-state index is -0.520. The van der Waals surface area contributed by atoms with E-state index in [0.717, 1.165) is 18.7 Å². The third-order valence-corrected chi connectivity index (χ3v) is 5.11. The molecule has 2 aromatic rings. The third-order valence-electron chi connectivity index (χ3n) is 5.11. The van der Waals surface area contributed by atoms with Crippen LogP contribution in [0.2, 0.25) is 0 Å². The van der Waals surface area contributed by atoms with Crippen molar-refractivity contribution in [2.24, 2.45) is 5.92 Å². The SMILES string of the molecule is O=C(Cc1ccccc1F)N1C[C@@H](CF)[C@H](c2nc(C3CC3)n[nH]2)C1. The van der Waals surface area contributed by atoms with E-state index in [9.17, 15) is 13.6 Å². The lowest BCUT2D eigenvalue weighted by atomic mass is 9.97. The molecule has 0 spiro atoms. The van der Waals surface area contributed by atoms with E-state index in [4.69, 9.17) is 0 Å². The maximum absolute atomic E-state index is 13.8. The second-order valence-corrected chi connectivity index (χ2v) is 6.94. The Morgan fingerprint density at radius 2 is 2.08 bits per heavy atom. The summed E-state index contributed by atoms with van der Waals surface area (Å²) < 4.78 is 27.2. The monoisotopic (exact) mass is 346 g/mol. The number of rotatable bonds is 5. The lowest BCUT2D eigenvalue weighted by Gasteiger charge is -2.16. The van der Waals surface area contributed by atoms with E-state index in [1.807, 2.05) is 0 Å². The van der Waals surface area contributed by atoms with Crippen molar-refractivity contribution >= 4 is 5.91 Å². The lowest BCUT2D eigenvalue weighted by Crippen LogP contribution is -2.30. The molecule has 132 valence electrons. The molecule has 2 aliphatic rings. The number of aromatic nitrogens is 3. The van der Waals surface area contributed by atoms with Gasteiger partial charge in [0.05, 0.1) is 13.1 Å². The van der Waals surface area contributed by atoms with Crippen molar-refractivity contribution in [3.63, 3.8) is 0 Å². The first-order chi connectivity index (χ1) is 12.2. The Hall–Kier alpha value is -2.31. The van der Waals surface area contributed by atoms with E-state index >= 15 is 0 Å². The normalized spacial score (nSPS) is 23.2. The minimum Gasteiger partial charge on any atom is -0.341 e. The largest absolute Gasteiger partial charge is 0.341 e. The van der Waals surface area contributed by atoms with Crippen LogP contribution in [-0.2, 0) is 11.2 Å². The molecule has 1 saturated heterocycles. The zero-order valence-corrected chi connectivity index (χ0v) is 13.8. The van der Waals surface area contributed by atoms with Crippen molar-refractivity contribution in [3.8, 4) is 0 Å². The summed E-state index contributed by atoms with van der Waals surface area (Å²) >= 11 is 0. The molecule has 1 aliphatic heterocycles.